The van der Waals surface area contributed by atoms with Gasteiger partial charge in [0.1, 0.15) is 11.2 Å². The molecule has 3 aromatic rings. The van der Waals surface area contributed by atoms with Gasteiger partial charge in [-0.05, 0) is 31.2 Å². The molecule has 7 nitrogen and oxygen atoms in total. The third-order valence-electron chi connectivity index (χ3n) is 4.41. The van der Waals surface area contributed by atoms with Gasteiger partial charge in [-0.25, -0.2) is 14.5 Å². The number of aryl methyl sites for hydroxylation is 2. The Morgan fingerprint density at radius 1 is 1.38 bits per heavy atom. The van der Waals surface area contributed by atoms with E-state index < -0.39 is 0 Å². The van der Waals surface area contributed by atoms with Crippen LogP contribution in [0.3, 0.4) is 0 Å². The van der Waals surface area contributed by atoms with E-state index in [4.69, 9.17) is 0 Å². The van der Waals surface area contributed by atoms with E-state index in [1.807, 2.05) is 0 Å². The Morgan fingerprint density at radius 3 is 3.04 bits per heavy atom. The average molecular weight is 345 g/mol. The van der Waals surface area contributed by atoms with Gasteiger partial charge in [0.2, 0.25) is 5.82 Å². The van der Waals surface area contributed by atoms with Crippen molar-refractivity contribution in [2.75, 3.05) is 27.2 Å². The van der Waals surface area contributed by atoms with E-state index in [9.17, 15) is 4.79 Å². The van der Waals surface area contributed by atoms with Crippen LogP contribution in [0.2, 0.25) is 0 Å². The van der Waals surface area contributed by atoms with Gasteiger partial charge in [-0.3, -0.25) is 4.79 Å². The van der Waals surface area contributed by atoms with Crippen molar-refractivity contribution in [3.8, 4) is 0 Å². The standard InChI is InChI=1S/C16H20N6OS/c1-21(2)8-7-17-15(23)13-19-14-12-10-5-3-4-6-11(10)24-16(12)18-9-22(14)20-13/h9H,3-8H2,1-2H3,(H,17,23)/p+1. The second kappa shape index (κ2) is 6.10. The molecule has 0 fully saturated rings. The van der Waals surface area contributed by atoms with Crippen LogP contribution in [0.25, 0.3) is 15.9 Å². The van der Waals surface area contributed by atoms with Gasteiger partial charge in [0.15, 0.2) is 5.65 Å². The predicted octanol–water partition coefficient (Wildman–Crippen LogP) is 0.0921. The van der Waals surface area contributed by atoms with Crippen LogP contribution in [0.15, 0.2) is 6.33 Å². The molecule has 3 aromatic heterocycles. The van der Waals surface area contributed by atoms with E-state index in [1.165, 1.54) is 28.2 Å². The van der Waals surface area contributed by atoms with Gasteiger partial charge in [-0.15, -0.1) is 16.4 Å². The lowest BCUT2D eigenvalue weighted by Crippen LogP contribution is -3.06. The number of fused-ring (bicyclic) bond motifs is 5. The minimum absolute atomic E-state index is 0.216. The number of nitrogens with one attached hydrogen (secondary N) is 2. The highest BCUT2D eigenvalue weighted by Gasteiger charge is 2.22. The molecule has 0 saturated carbocycles. The lowest BCUT2D eigenvalue weighted by molar-refractivity contribution is -0.856. The molecule has 24 heavy (non-hydrogen) atoms. The van der Waals surface area contributed by atoms with Crippen molar-refractivity contribution in [1.29, 1.82) is 0 Å². The summed E-state index contributed by atoms with van der Waals surface area (Å²) in [6.07, 6.45) is 6.29. The molecule has 0 spiro atoms. The minimum Gasteiger partial charge on any atom is -0.344 e. The zero-order valence-electron chi connectivity index (χ0n) is 13.9. The zero-order chi connectivity index (χ0) is 16.7. The van der Waals surface area contributed by atoms with Crippen LogP contribution < -0.4 is 10.2 Å². The topological polar surface area (TPSA) is 76.6 Å². The molecule has 1 amide bonds. The summed E-state index contributed by atoms with van der Waals surface area (Å²) in [5.74, 6) is -0.00832. The maximum Gasteiger partial charge on any atom is 0.291 e. The maximum atomic E-state index is 12.3. The Kier molecular flexibility index (Phi) is 3.93. The molecule has 0 bridgehead atoms. The summed E-state index contributed by atoms with van der Waals surface area (Å²) in [5.41, 5.74) is 2.11. The zero-order valence-corrected chi connectivity index (χ0v) is 14.7. The predicted molar refractivity (Wildman–Crippen MR) is 92.8 cm³/mol. The molecule has 0 radical (unpaired) electrons. The average Bonchev–Trinajstić information content (AvgIpc) is 3.14. The third-order valence-corrected chi connectivity index (χ3v) is 5.61. The molecule has 0 unspecified atom stereocenters. The summed E-state index contributed by atoms with van der Waals surface area (Å²) in [6.45, 7) is 1.47. The van der Waals surface area contributed by atoms with Crippen LogP contribution in [-0.4, -0.2) is 52.7 Å². The van der Waals surface area contributed by atoms with Gasteiger partial charge in [0, 0.05) is 4.88 Å². The Morgan fingerprint density at radius 2 is 2.21 bits per heavy atom. The van der Waals surface area contributed by atoms with Crippen molar-refractivity contribution >= 4 is 33.1 Å². The first-order valence-corrected chi connectivity index (χ1v) is 9.18. The number of carbonyl (C=O) groups is 1. The van der Waals surface area contributed by atoms with Crippen molar-refractivity contribution in [2.45, 2.75) is 25.7 Å². The number of carbonyl (C=O) groups excluding carboxylic acids is 1. The van der Waals surface area contributed by atoms with E-state index in [-0.39, 0.29) is 11.7 Å². The van der Waals surface area contributed by atoms with Crippen LogP contribution in [0.5, 0.6) is 0 Å². The highest BCUT2D eigenvalue weighted by atomic mass is 32.1. The highest BCUT2D eigenvalue weighted by molar-refractivity contribution is 7.19. The van der Waals surface area contributed by atoms with Crippen LogP contribution in [0.1, 0.15) is 33.9 Å². The molecule has 3 heterocycles. The van der Waals surface area contributed by atoms with E-state index in [0.29, 0.717) is 6.54 Å². The van der Waals surface area contributed by atoms with Gasteiger partial charge >= 0.3 is 0 Å². The Labute approximate surface area is 143 Å². The lowest BCUT2D eigenvalue weighted by Gasteiger charge is -2.09. The van der Waals surface area contributed by atoms with Crippen LogP contribution in [0.4, 0.5) is 0 Å². The molecule has 0 aliphatic heterocycles. The molecule has 2 N–H and O–H groups in total. The maximum absolute atomic E-state index is 12.3. The molecule has 0 atom stereocenters. The fraction of sp³-hybridized carbons (Fsp3) is 0.500. The SMILES string of the molecule is C[NH+](C)CCNC(=O)c1nc2c3c4c(sc3ncn2n1)CCCC4. The fourth-order valence-electron chi connectivity index (χ4n) is 3.16. The Bertz CT molecular complexity index is 912. The minimum atomic E-state index is -0.225. The van der Waals surface area contributed by atoms with E-state index in [2.05, 4.69) is 34.5 Å². The number of rotatable bonds is 4. The van der Waals surface area contributed by atoms with E-state index in [0.717, 1.165) is 35.3 Å². The first-order chi connectivity index (χ1) is 11.6. The number of nitrogens with zero attached hydrogens (tertiary/aromatic N) is 4. The van der Waals surface area contributed by atoms with Crippen molar-refractivity contribution in [3.63, 3.8) is 0 Å². The first kappa shape index (κ1) is 15.5. The number of hydrogen-bond donors (Lipinski definition) is 2. The largest absolute Gasteiger partial charge is 0.344 e. The molecule has 0 saturated heterocycles. The van der Waals surface area contributed by atoms with Gasteiger partial charge in [-0.2, -0.15) is 0 Å². The van der Waals surface area contributed by atoms with Crippen molar-refractivity contribution in [3.05, 3.63) is 22.6 Å². The first-order valence-electron chi connectivity index (χ1n) is 8.36. The Balaban J connectivity index is 1.71. The lowest BCUT2D eigenvalue weighted by atomic mass is 9.97. The molecular formula is C16H21N6OS+. The molecule has 8 heteroatoms. The van der Waals surface area contributed by atoms with E-state index in [1.54, 1.807) is 22.2 Å². The summed E-state index contributed by atoms with van der Waals surface area (Å²) < 4.78 is 1.63. The van der Waals surface area contributed by atoms with Gasteiger partial charge in [0.05, 0.1) is 32.6 Å². The monoisotopic (exact) mass is 345 g/mol. The number of likely N-dealkylation sites (N-methyl/N-ethyl adjacent to an activating group) is 1. The number of thiophene rings is 1. The smallest absolute Gasteiger partial charge is 0.291 e. The van der Waals surface area contributed by atoms with Crippen LogP contribution in [-0.2, 0) is 12.8 Å². The summed E-state index contributed by atoms with van der Waals surface area (Å²) >= 11 is 1.75. The summed E-state index contributed by atoms with van der Waals surface area (Å²) in [4.78, 5) is 25.0. The fourth-order valence-corrected chi connectivity index (χ4v) is 4.38. The van der Waals surface area contributed by atoms with Crippen molar-refractivity contribution in [1.82, 2.24) is 24.9 Å². The Hall–Kier alpha value is -2.06. The third kappa shape index (κ3) is 2.65. The summed E-state index contributed by atoms with van der Waals surface area (Å²) in [6, 6.07) is 0. The number of quaternary nitrogens is 1. The van der Waals surface area contributed by atoms with Crippen molar-refractivity contribution in [2.24, 2.45) is 0 Å². The van der Waals surface area contributed by atoms with Gasteiger partial charge in [-0.1, -0.05) is 0 Å². The van der Waals surface area contributed by atoms with Crippen LogP contribution >= 0.6 is 11.3 Å². The highest BCUT2D eigenvalue weighted by Crippen LogP contribution is 2.36. The van der Waals surface area contributed by atoms with Gasteiger partial charge < -0.3 is 10.2 Å². The normalized spacial score (nSPS) is 14.5. The van der Waals surface area contributed by atoms with Gasteiger partial charge in [0.25, 0.3) is 5.91 Å². The molecule has 126 valence electrons. The molecule has 4 rings (SSSR count). The van der Waals surface area contributed by atoms with E-state index >= 15 is 0 Å². The quantitative estimate of drug-likeness (QED) is 0.703. The second-order valence-corrected chi connectivity index (χ2v) is 7.64. The molecule has 1 aliphatic rings. The number of aromatic nitrogens is 4. The number of amides is 1. The van der Waals surface area contributed by atoms with Crippen LogP contribution in [0, 0.1) is 0 Å². The number of hydrogen-bond acceptors (Lipinski definition) is 5. The van der Waals surface area contributed by atoms with Crippen molar-refractivity contribution < 1.29 is 9.69 Å². The summed E-state index contributed by atoms with van der Waals surface area (Å²) in [7, 11) is 4.11. The molecule has 1 aliphatic carbocycles. The molecule has 0 aromatic carbocycles. The molecular weight excluding hydrogens is 324 g/mol. The summed E-state index contributed by atoms with van der Waals surface area (Å²) in [5, 5.41) is 8.28. The second-order valence-electron chi connectivity index (χ2n) is 6.55.